The number of hydrogen-bond donors (Lipinski definition) is 1. The number of nitrogens with one attached hydrogen (secondary N) is 1. The molecule has 1 heterocycles. The summed E-state index contributed by atoms with van der Waals surface area (Å²) in [5, 5.41) is 2.76. The van der Waals surface area contributed by atoms with Crippen molar-refractivity contribution < 1.29 is 18.0 Å². The highest BCUT2D eigenvalue weighted by Crippen LogP contribution is 2.39. The summed E-state index contributed by atoms with van der Waals surface area (Å²) in [5.74, 6) is -0.339. The molecule has 4 rings (SSSR count). The Balaban J connectivity index is 1.42. The molecule has 2 aliphatic rings. The zero-order valence-electron chi connectivity index (χ0n) is 17.6. The Kier molecular flexibility index (Phi) is 6.12. The number of fused-ring (bicyclic) bond motifs is 1. The molecule has 2 aromatic carbocycles. The summed E-state index contributed by atoms with van der Waals surface area (Å²) in [5.41, 5.74) is 2.34. The number of carbonyl (C=O) groups excluding carboxylic acids is 2. The number of nitrogens with zero attached hydrogens (tertiary/aromatic N) is 1. The first-order valence-electron chi connectivity index (χ1n) is 10.4. The zero-order valence-corrected chi connectivity index (χ0v) is 19.3. The van der Waals surface area contributed by atoms with E-state index in [-0.39, 0.29) is 40.8 Å². The Morgan fingerprint density at radius 3 is 2.65 bits per heavy atom. The zero-order chi connectivity index (χ0) is 22.2. The lowest BCUT2D eigenvalue weighted by Crippen LogP contribution is -2.36. The van der Waals surface area contributed by atoms with Crippen molar-refractivity contribution in [1.29, 1.82) is 0 Å². The van der Waals surface area contributed by atoms with Gasteiger partial charge in [-0.05, 0) is 74.4 Å². The van der Waals surface area contributed by atoms with Crippen LogP contribution in [0.1, 0.15) is 31.7 Å². The Hall–Kier alpha value is -2.32. The number of anilines is 2. The summed E-state index contributed by atoms with van der Waals surface area (Å²) in [6.45, 7) is 1.99. The highest BCUT2D eigenvalue weighted by atomic mass is 32.2. The van der Waals surface area contributed by atoms with Gasteiger partial charge in [0.15, 0.2) is 9.84 Å². The Morgan fingerprint density at radius 1 is 1.16 bits per heavy atom. The van der Waals surface area contributed by atoms with E-state index in [0.717, 1.165) is 29.0 Å². The van der Waals surface area contributed by atoms with Crippen molar-refractivity contribution in [2.24, 2.45) is 5.92 Å². The van der Waals surface area contributed by atoms with Crippen LogP contribution in [0, 0.1) is 5.92 Å². The summed E-state index contributed by atoms with van der Waals surface area (Å²) < 4.78 is 25.7. The molecule has 1 atom stereocenters. The van der Waals surface area contributed by atoms with Crippen LogP contribution in [-0.2, 0) is 25.8 Å². The van der Waals surface area contributed by atoms with Gasteiger partial charge in [0.2, 0.25) is 11.8 Å². The highest BCUT2D eigenvalue weighted by molar-refractivity contribution is 7.98. The Morgan fingerprint density at radius 2 is 1.94 bits per heavy atom. The lowest BCUT2D eigenvalue weighted by Gasteiger charge is -2.22. The average Bonchev–Trinajstić information content (AvgIpc) is 3.54. The monoisotopic (exact) mass is 458 g/mol. The van der Waals surface area contributed by atoms with Gasteiger partial charge in [-0.25, -0.2) is 8.42 Å². The molecule has 0 spiro atoms. The first-order valence-corrected chi connectivity index (χ1v) is 13.3. The van der Waals surface area contributed by atoms with Gasteiger partial charge in [0.05, 0.1) is 10.6 Å². The second-order valence-electron chi connectivity index (χ2n) is 8.18. The van der Waals surface area contributed by atoms with E-state index >= 15 is 0 Å². The van der Waals surface area contributed by atoms with Gasteiger partial charge < -0.3 is 10.2 Å². The minimum Gasteiger partial charge on any atom is -0.326 e. The van der Waals surface area contributed by atoms with Crippen LogP contribution < -0.4 is 10.2 Å². The lowest BCUT2D eigenvalue weighted by molar-refractivity contribution is -0.120. The molecule has 1 aliphatic heterocycles. The van der Waals surface area contributed by atoms with Gasteiger partial charge in [0, 0.05) is 34.7 Å². The van der Waals surface area contributed by atoms with E-state index in [1.165, 1.54) is 0 Å². The van der Waals surface area contributed by atoms with Crippen LogP contribution in [-0.4, -0.2) is 38.3 Å². The van der Waals surface area contributed by atoms with Crippen LogP contribution in [0.15, 0.2) is 52.3 Å². The summed E-state index contributed by atoms with van der Waals surface area (Å²) in [7, 11) is -3.61. The minimum atomic E-state index is -3.61. The molecule has 1 fully saturated rings. The predicted octanol–water partition coefficient (Wildman–Crippen LogP) is 3.90. The second-order valence-corrected chi connectivity index (χ2v) is 11.2. The molecule has 8 heteroatoms. The molecule has 2 amide bonds. The van der Waals surface area contributed by atoms with Gasteiger partial charge in [-0.1, -0.05) is 6.07 Å². The molecule has 0 aromatic heterocycles. The predicted molar refractivity (Wildman–Crippen MR) is 123 cm³/mol. The van der Waals surface area contributed by atoms with Crippen molar-refractivity contribution in [2.75, 3.05) is 22.2 Å². The Labute approximate surface area is 187 Å². The van der Waals surface area contributed by atoms with E-state index in [1.807, 2.05) is 36.3 Å². The van der Waals surface area contributed by atoms with Crippen LogP contribution in [0.4, 0.5) is 11.4 Å². The van der Waals surface area contributed by atoms with Crippen molar-refractivity contribution >= 4 is 44.8 Å². The van der Waals surface area contributed by atoms with Crippen LogP contribution >= 0.6 is 11.8 Å². The third-order valence-electron chi connectivity index (χ3n) is 5.74. The number of sulfone groups is 1. The molecule has 0 saturated heterocycles. The van der Waals surface area contributed by atoms with Gasteiger partial charge in [-0.15, -0.1) is 11.8 Å². The fraction of sp³-hybridized carbons (Fsp3) is 0.391. The highest BCUT2D eigenvalue weighted by Gasteiger charge is 2.39. The quantitative estimate of drug-likeness (QED) is 0.636. The summed E-state index contributed by atoms with van der Waals surface area (Å²) >= 11 is 1.57. The molecular weight excluding hydrogens is 432 g/mol. The van der Waals surface area contributed by atoms with Crippen LogP contribution in [0.25, 0.3) is 0 Å². The largest absolute Gasteiger partial charge is 0.326 e. The topological polar surface area (TPSA) is 83.6 Å². The van der Waals surface area contributed by atoms with Gasteiger partial charge in [-0.2, -0.15) is 0 Å². The van der Waals surface area contributed by atoms with E-state index in [9.17, 15) is 18.0 Å². The first kappa shape index (κ1) is 21.9. The van der Waals surface area contributed by atoms with Crippen molar-refractivity contribution in [2.45, 2.75) is 48.4 Å². The van der Waals surface area contributed by atoms with Gasteiger partial charge in [-0.3, -0.25) is 9.59 Å². The van der Waals surface area contributed by atoms with Crippen molar-refractivity contribution in [3.8, 4) is 0 Å². The van der Waals surface area contributed by atoms with Gasteiger partial charge in [0.1, 0.15) is 0 Å². The number of benzene rings is 2. The third kappa shape index (κ3) is 4.80. The molecule has 0 bridgehead atoms. The van der Waals surface area contributed by atoms with Gasteiger partial charge in [0.25, 0.3) is 0 Å². The molecule has 1 aliphatic carbocycles. The SMILES string of the molecule is CSc1cccc(NC(=O)CCS(=O)(=O)c2ccc3c(c2)C[C@H](C)N3C(=O)C2CC2)c1. The number of hydrogen-bond acceptors (Lipinski definition) is 5. The van der Waals surface area contributed by atoms with Crippen LogP contribution in [0.3, 0.4) is 0 Å². The number of thioether (sulfide) groups is 1. The average molecular weight is 459 g/mol. The lowest BCUT2D eigenvalue weighted by atomic mass is 10.1. The molecule has 1 saturated carbocycles. The van der Waals surface area contributed by atoms with E-state index < -0.39 is 9.84 Å². The number of rotatable bonds is 7. The molecule has 1 N–H and O–H groups in total. The van der Waals surface area contributed by atoms with E-state index in [4.69, 9.17) is 0 Å². The first-order chi connectivity index (χ1) is 14.8. The van der Waals surface area contributed by atoms with Crippen molar-refractivity contribution in [3.05, 3.63) is 48.0 Å². The molecule has 31 heavy (non-hydrogen) atoms. The van der Waals surface area contributed by atoms with Gasteiger partial charge >= 0.3 is 0 Å². The molecular formula is C23H26N2O4S2. The second kappa shape index (κ2) is 8.67. The summed E-state index contributed by atoms with van der Waals surface area (Å²) in [6, 6.07) is 12.4. The normalized spacial score (nSPS) is 18.0. The maximum absolute atomic E-state index is 12.8. The number of amides is 2. The van der Waals surface area contributed by atoms with Crippen molar-refractivity contribution in [3.63, 3.8) is 0 Å². The molecule has 0 radical (unpaired) electrons. The summed E-state index contributed by atoms with van der Waals surface area (Å²) in [4.78, 5) is 27.9. The third-order valence-corrected chi connectivity index (χ3v) is 8.18. The number of carbonyl (C=O) groups is 2. The maximum atomic E-state index is 12.8. The molecule has 164 valence electrons. The van der Waals surface area contributed by atoms with E-state index in [2.05, 4.69) is 5.32 Å². The Bertz CT molecular complexity index is 1130. The minimum absolute atomic E-state index is 0.0314. The fourth-order valence-corrected chi connectivity index (χ4v) is 5.68. The fourth-order valence-electron chi connectivity index (χ4n) is 3.93. The summed E-state index contributed by atoms with van der Waals surface area (Å²) in [6.07, 6.45) is 4.35. The molecule has 2 aromatic rings. The maximum Gasteiger partial charge on any atom is 0.230 e. The molecule has 6 nitrogen and oxygen atoms in total. The standard InChI is InChI=1S/C23H26N2O4S2/c1-15-12-17-13-20(8-9-21(17)25(15)23(27)16-6-7-16)31(28,29)11-10-22(26)24-18-4-3-5-19(14-18)30-2/h3-5,8-9,13-16H,6-7,10-12H2,1-2H3,(H,24,26)/t15-/m0/s1. The van der Waals surface area contributed by atoms with E-state index in [1.54, 1.807) is 36.0 Å². The van der Waals surface area contributed by atoms with E-state index in [0.29, 0.717) is 12.1 Å². The van der Waals surface area contributed by atoms with Crippen molar-refractivity contribution in [1.82, 2.24) is 0 Å². The molecule has 0 unspecified atom stereocenters. The smallest absolute Gasteiger partial charge is 0.230 e. The van der Waals surface area contributed by atoms with Crippen LogP contribution in [0.5, 0.6) is 0 Å². The van der Waals surface area contributed by atoms with Crippen LogP contribution in [0.2, 0.25) is 0 Å².